The molecule has 3 atom stereocenters. The van der Waals surface area contributed by atoms with Gasteiger partial charge in [-0.25, -0.2) is 0 Å². The molecular weight excluding hydrogens is 246 g/mol. The first kappa shape index (κ1) is 14.1. The Hall–Kier alpha value is -0.830. The van der Waals surface area contributed by atoms with Crippen LogP contribution in [0, 0.1) is 11.8 Å². The maximum Gasteiger partial charge on any atom is 0.0643 e. The molecule has 3 unspecified atom stereocenters. The van der Waals surface area contributed by atoms with Crippen LogP contribution in [0.5, 0.6) is 0 Å². The van der Waals surface area contributed by atoms with Crippen LogP contribution in [-0.4, -0.2) is 15.3 Å². The molecule has 0 radical (unpaired) electrons. The monoisotopic (exact) mass is 275 g/mol. The number of nitrogens with two attached hydrogens (primary N) is 1. The molecule has 2 saturated carbocycles. The molecule has 1 heterocycles. The molecule has 3 rings (SSSR count). The number of hydrogen-bond acceptors (Lipinski definition) is 2. The topological polar surface area (TPSA) is 43.8 Å². The Morgan fingerprint density at radius 2 is 2.00 bits per heavy atom. The standard InChI is InChI=1S/C17H29N3/c1-13-6-5-10-17(18,14(13)2)12-15-9-11-20(19-15)16-7-3-4-8-16/h9,11,13-14,16H,3-8,10,12,18H2,1-2H3. The zero-order valence-corrected chi connectivity index (χ0v) is 13.0. The quantitative estimate of drug-likeness (QED) is 0.914. The third-order valence-corrected chi connectivity index (χ3v) is 5.93. The summed E-state index contributed by atoms with van der Waals surface area (Å²) in [6.07, 6.45) is 12.2. The van der Waals surface area contributed by atoms with Gasteiger partial charge in [0, 0.05) is 18.2 Å². The van der Waals surface area contributed by atoms with Crippen LogP contribution in [0.2, 0.25) is 0 Å². The molecule has 2 N–H and O–H groups in total. The molecule has 3 heteroatoms. The van der Waals surface area contributed by atoms with Gasteiger partial charge in [-0.2, -0.15) is 5.10 Å². The highest BCUT2D eigenvalue weighted by Gasteiger charge is 2.38. The van der Waals surface area contributed by atoms with E-state index in [-0.39, 0.29) is 5.54 Å². The lowest BCUT2D eigenvalue weighted by molar-refractivity contribution is 0.142. The van der Waals surface area contributed by atoms with Crippen LogP contribution in [-0.2, 0) is 6.42 Å². The van der Waals surface area contributed by atoms with Crippen molar-refractivity contribution in [1.82, 2.24) is 9.78 Å². The molecule has 0 bridgehead atoms. The molecule has 0 spiro atoms. The van der Waals surface area contributed by atoms with Gasteiger partial charge < -0.3 is 5.73 Å². The van der Waals surface area contributed by atoms with E-state index < -0.39 is 0 Å². The fourth-order valence-corrected chi connectivity index (χ4v) is 4.23. The van der Waals surface area contributed by atoms with E-state index in [0.29, 0.717) is 12.0 Å². The first-order valence-corrected chi connectivity index (χ1v) is 8.41. The molecule has 1 aromatic rings. The van der Waals surface area contributed by atoms with Gasteiger partial charge in [0.1, 0.15) is 0 Å². The molecule has 20 heavy (non-hydrogen) atoms. The van der Waals surface area contributed by atoms with Crippen LogP contribution in [0.4, 0.5) is 0 Å². The van der Waals surface area contributed by atoms with Crippen molar-refractivity contribution in [3.63, 3.8) is 0 Å². The molecule has 0 amide bonds. The van der Waals surface area contributed by atoms with Crippen molar-refractivity contribution in [1.29, 1.82) is 0 Å². The highest BCUT2D eigenvalue weighted by atomic mass is 15.3. The third kappa shape index (κ3) is 2.65. The van der Waals surface area contributed by atoms with Crippen molar-refractivity contribution < 1.29 is 0 Å². The molecule has 112 valence electrons. The predicted molar refractivity (Wildman–Crippen MR) is 82.5 cm³/mol. The first-order valence-electron chi connectivity index (χ1n) is 8.41. The summed E-state index contributed by atoms with van der Waals surface area (Å²) >= 11 is 0. The molecule has 0 aromatic carbocycles. The molecule has 1 aromatic heterocycles. The second-order valence-electron chi connectivity index (χ2n) is 7.29. The van der Waals surface area contributed by atoms with Crippen molar-refractivity contribution >= 4 is 0 Å². The zero-order valence-electron chi connectivity index (χ0n) is 13.0. The number of hydrogen-bond donors (Lipinski definition) is 1. The van der Waals surface area contributed by atoms with Crippen LogP contribution in [0.25, 0.3) is 0 Å². The van der Waals surface area contributed by atoms with Gasteiger partial charge in [-0.15, -0.1) is 0 Å². The molecule has 3 nitrogen and oxygen atoms in total. The van der Waals surface area contributed by atoms with Gasteiger partial charge in [0.25, 0.3) is 0 Å². The van der Waals surface area contributed by atoms with E-state index in [9.17, 15) is 0 Å². The van der Waals surface area contributed by atoms with E-state index in [1.165, 1.54) is 44.2 Å². The number of nitrogens with zero attached hydrogens (tertiary/aromatic N) is 2. The summed E-state index contributed by atoms with van der Waals surface area (Å²) in [5.74, 6) is 1.33. The summed E-state index contributed by atoms with van der Waals surface area (Å²) in [6, 6.07) is 2.83. The molecule has 0 saturated heterocycles. The Kier molecular flexibility index (Phi) is 3.89. The van der Waals surface area contributed by atoms with Crippen molar-refractivity contribution in [3.8, 4) is 0 Å². The van der Waals surface area contributed by atoms with Crippen molar-refractivity contribution in [2.24, 2.45) is 17.6 Å². The van der Waals surface area contributed by atoms with Crippen LogP contribution >= 0.6 is 0 Å². The third-order valence-electron chi connectivity index (χ3n) is 5.93. The summed E-state index contributed by atoms with van der Waals surface area (Å²) < 4.78 is 2.20. The van der Waals surface area contributed by atoms with E-state index >= 15 is 0 Å². The first-order chi connectivity index (χ1) is 9.58. The number of aromatic nitrogens is 2. The normalized spacial score (nSPS) is 35.5. The van der Waals surface area contributed by atoms with E-state index in [1.807, 2.05) is 0 Å². The fourth-order valence-electron chi connectivity index (χ4n) is 4.23. The smallest absolute Gasteiger partial charge is 0.0643 e. The summed E-state index contributed by atoms with van der Waals surface area (Å²) in [5, 5.41) is 4.83. The maximum absolute atomic E-state index is 6.74. The SMILES string of the molecule is CC1CCCC(N)(Cc2ccn(C3CCCC3)n2)C1C. The predicted octanol–water partition coefficient (Wildman–Crippen LogP) is 3.69. The summed E-state index contributed by atoms with van der Waals surface area (Å²) in [6.45, 7) is 4.68. The Labute approximate surface area is 122 Å². The van der Waals surface area contributed by atoms with Crippen LogP contribution < -0.4 is 5.73 Å². The molecule has 2 aliphatic rings. The Morgan fingerprint density at radius 1 is 1.25 bits per heavy atom. The van der Waals surface area contributed by atoms with Gasteiger partial charge in [-0.3, -0.25) is 4.68 Å². The largest absolute Gasteiger partial charge is 0.324 e. The van der Waals surface area contributed by atoms with Gasteiger partial charge in [0.2, 0.25) is 0 Å². The van der Waals surface area contributed by atoms with E-state index in [1.54, 1.807) is 0 Å². The van der Waals surface area contributed by atoms with Gasteiger partial charge in [0.15, 0.2) is 0 Å². The minimum absolute atomic E-state index is 0.0491. The van der Waals surface area contributed by atoms with Gasteiger partial charge in [0.05, 0.1) is 11.7 Å². The minimum Gasteiger partial charge on any atom is -0.324 e. The second kappa shape index (κ2) is 5.51. The lowest BCUT2D eigenvalue weighted by atomic mass is 9.67. The second-order valence-corrected chi connectivity index (χ2v) is 7.29. The molecule has 2 fully saturated rings. The maximum atomic E-state index is 6.74. The highest BCUT2D eigenvalue weighted by Crippen LogP contribution is 2.38. The highest BCUT2D eigenvalue weighted by molar-refractivity contribution is 5.09. The average Bonchev–Trinajstić information content (AvgIpc) is 3.06. The van der Waals surface area contributed by atoms with Crippen molar-refractivity contribution in [2.45, 2.75) is 76.8 Å². The average molecular weight is 275 g/mol. The van der Waals surface area contributed by atoms with Gasteiger partial charge >= 0.3 is 0 Å². The summed E-state index contributed by atoms with van der Waals surface area (Å²) in [7, 11) is 0. The van der Waals surface area contributed by atoms with Crippen molar-refractivity contribution in [2.75, 3.05) is 0 Å². The number of rotatable bonds is 3. The van der Waals surface area contributed by atoms with Gasteiger partial charge in [-0.1, -0.05) is 39.5 Å². The van der Waals surface area contributed by atoms with Gasteiger partial charge in [-0.05, 0) is 37.2 Å². The lowest BCUT2D eigenvalue weighted by Gasteiger charge is -2.43. The van der Waals surface area contributed by atoms with Crippen LogP contribution in [0.15, 0.2) is 12.3 Å². The van der Waals surface area contributed by atoms with E-state index in [0.717, 1.165) is 18.8 Å². The Bertz CT molecular complexity index is 447. The minimum atomic E-state index is -0.0491. The van der Waals surface area contributed by atoms with Crippen LogP contribution in [0.3, 0.4) is 0 Å². The van der Waals surface area contributed by atoms with E-state index in [2.05, 4.69) is 30.8 Å². The Morgan fingerprint density at radius 3 is 2.75 bits per heavy atom. The van der Waals surface area contributed by atoms with Crippen LogP contribution in [0.1, 0.15) is 70.5 Å². The van der Waals surface area contributed by atoms with Crippen molar-refractivity contribution in [3.05, 3.63) is 18.0 Å². The van der Waals surface area contributed by atoms with E-state index in [4.69, 9.17) is 10.8 Å². The Balaban J connectivity index is 1.70. The summed E-state index contributed by atoms with van der Waals surface area (Å²) in [5.41, 5.74) is 7.88. The zero-order chi connectivity index (χ0) is 14.2. The summed E-state index contributed by atoms with van der Waals surface area (Å²) in [4.78, 5) is 0. The molecular formula is C17H29N3. The fraction of sp³-hybridized carbons (Fsp3) is 0.824. The molecule has 0 aliphatic heterocycles. The molecule has 2 aliphatic carbocycles. The lowest BCUT2D eigenvalue weighted by Crippen LogP contribution is -2.52.